The molecule has 0 atom stereocenters. The monoisotopic (exact) mass is 369 g/mol. The standard InChI is InChI=1S/C15H16BrNO3S/c1-2-11-3-8-15(9-12(11)10-18)21(19,20)17-14-6-4-13(16)5-7-14/h3-9,17-18H,2,10H2,1H3. The van der Waals surface area contributed by atoms with E-state index in [0.717, 1.165) is 16.5 Å². The SMILES string of the molecule is CCc1ccc(S(=O)(=O)Nc2ccc(Br)cc2)cc1CO. The van der Waals surface area contributed by atoms with Crippen molar-refractivity contribution in [2.24, 2.45) is 0 Å². The minimum absolute atomic E-state index is 0.145. The van der Waals surface area contributed by atoms with E-state index in [1.54, 1.807) is 36.4 Å². The van der Waals surface area contributed by atoms with E-state index in [0.29, 0.717) is 11.3 Å². The van der Waals surface area contributed by atoms with Crippen molar-refractivity contribution in [1.82, 2.24) is 0 Å². The van der Waals surface area contributed by atoms with Gasteiger partial charge in [-0.1, -0.05) is 28.9 Å². The van der Waals surface area contributed by atoms with Crippen molar-refractivity contribution in [1.29, 1.82) is 0 Å². The Morgan fingerprint density at radius 3 is 2.33 bits per heavy atom. The summed E-state index contributed by atoms with van der Waals surface area (Å²) in [6, 6.07) is 11.7. The van der Waals surface area contributed by atoms with Crippen molar-refractivity contribution >= 4 is 31.6 Å². The Bertz CT molecular complexity index is 727. The van der Waals surface area contributed by atoms with Gasteiger partial charge in [-0.2, -0.15) is 0 Å². The average Bonchev–Trinajstić information content (AvgIpc) is 2.48. The molecular formula is C15H16BrNO3S. The molecule has 0 aliphatic carbocycles. The molecule has 2 rings (SSSR count). The van der Waals surface area contributed by atoms with Crippen LogP contribution in [0.4, 0.5) is 5.69 Å². The molecule has 2 N–H and O–H groups in total. The first-order valence-corrected chi connectivity index (χ1v) is 8.75. The molecule has 0 amide bonds. The van der Waals surface area contributed by atoms with Gasteiger partial charge in [-0.05, 0) is 53.9 Å². The van der Waals surface area contributed by atoms with Gasteiger partial charge in [-0.3, -0.25) is 4.72 Å². The van der Waals surface area contributed by atoms with Crippen LogP contribution in [0.15, 0.2) is 51.8 Å². The van der Waals surface area contributed by atoms with Crippen LogP contribution in [0.2, 0.25) is 0 Å². The van der Waals surface area contributed by atoms with Crippen LogP contribution in [0.5, 0.6) is 0 Å². The first-order chi connectivity index (χ1) is 9.96. The van der Waals surface area contributed by atoms with Crippen LogP contribution in [0, 0.1) is 0 Å². The molecule has 0 aliphatic heterocycles. The lowest BCUT2D eigenvalue weighted by molar-refractivity contribution is 0.280. The van der Waals surface area contributed by atoms with Gasteiger partial charge in [0, 0.05) is 10.2 Å². The number of hydrogen-bond acceptors (Lipinski definition) is 3. The molecule has 2 aromatic carbocycles. The Labute approximate surface area is 133 Å². The molecule has 0 aliphatic rings. The van der Waals surface area contributed by atoms with Crippen LogP contribution < -0.4 is 4.72 Å². The van der Waals surface area contributed by atoms with Gasteiger partial charge in [0.15, 0.2) is 0 Å². The zero-order chi connectivity index (χ0) is 15.5. The third-order valence-electron chi connectivity index (χ3n) is 3.14. The summed E-state index contributed by atoms with van der Waals surface area (Å²) in [7, 11) is -3.66. The molecule has 0 aromatic heterocycles. The summed E-state index contributed by atoms with van der Waals surface area (Å²) >= 11 is 3.30. The number of sulfonamides is 1. The fraction of sp³-hybridized carbons (Fsp3) is 0.200. The number of aliphatic hydroxyl groups excluding tert-OH is 1. The molecular weight excluding hydrogens is 354 g/mol. The number of aliphatic hydroxyl groups is 1. The van der Waals surface area contributed by atoms with Crippen molar-refractivity contribution in [2.75, 3.05) is 4.72 Å². The molecule has 0 radical (unpaired) electrons. The summed E-state index contributed by atoms with van der Waals surface area (Å²) in [5.74, 6) is 0. The molecule has 0 saturated carbocycles. The maximum absolute atomic E-state index is 12.3. The number of rotatable bonds is 5. The van der Waals surface area contributed by atoms with E-state index < -0.39 is 10.0 Å². The predicted molar refractivity (Wildman–Crippen MR) is 86.7 cm³/mol. The largest absolute Gasteiger partial charge is 0.392 e. The Morgan fingerprint density at radius 1 is 1.10 bits per heavy atom. The number of benzene rings is 2. The smallest absolute Gasteiger partial charge is 0.261 e. The van der Waals surface area contributed by atoms with Crippen LogP contribution in [0.1, 0.15) is 18.1 Å². The fourth-order valence-electron chi connectivity index (χ4n) is 1.99. The second-order valence-electron chi connectivity index (χ2n) is 4.55. The molecule has 2 aromatic rings. The van der Waals surface area contributed by atoms with Gasteiger partial charge in [0.2, 0.25) is 0 Å². The average molecular weight is 370 g/mol. The quantitative estimate of drug-likeness (QED) is 0.849. The minimum Gasteiger partial charge on any atom is -0.392 e. The van der Waals surface area contributed by atoms with Gasteiger partial charge < -0.3 is 5.11 Å². The van der Waals surface area contributed by atoms with Crippen LogP contribution in [0.3, 0.4) is 0 Å². The van der Waals surface area contributed by atoms with E-state index in [9.17, 15) is 13.5 Å². The molecule has 0 spiro atoms. The van der Waals surface area contributed by atoms with Crippen LogP contribution >= 0.6 is 15.9 Å². The predicted octanol–water partition coefficient (Wildman–Crippen LogP) is 3.30. The number of aryl methyl sites for hydroxylation is 1. The molecule has 4 nitrogen and oxygen atoms in total. The zero-order valence-electron chi connectivity index (χ0n) is 11.5. The first kappa shape index (κ1) is 16.0. The van der Waals surface area contributed by atoms with E-state index in [1.165, 1.54) is 6.07 Å². The Morgan fingerprint density at radius 2 is 1.76 bits per heavy atom. The number of nitrogens with one attached hydrogen (secondary N) is 1. The van der Waals surface area contributed by atoms with Crippen LogP contribution in [0.25, 0.3) is 0 Å². The highest BCUT2D eigenvalue weighted by Crippen LogP contribution is 2.21. The maximum atomic E-state index is 12.3. The Balaban J connectivity index is 2.33. The lowest BCUT2D eigenvalue weighted by Gasteiger charge is -2.11. The van der Waals surface area contributed by atoms with Gasteiger partial charge in [0.05, 0.1) is 11.5 Å². The lowest BCUT2D eigenvalue weighted by atomic mass is 10.1. The van der Waals surface area contributed by atoms with E-state index in [2.05, 4.69) is 20.7 Å². The van der Waals surface area contributed by atoms with Crippen molar-refractivity contribution < 1.29 is 13.5 Å². The summed E-state index contributed by atoms with van der Waals surface area (Å²) < 4.78 is 28.1. The lowest BCUT2D eigenvalue weighted by Crippen LogP contribution is -2.13. The van der Waals surface area contributed by atoms with Gasteiger partial charge in [0.25, 0.3) is 10.0 Å². The zero-order valence-corrected chi connectivity index (χ0v) is 13.9. The fourth-order valence-corrected chi connectivity index (χ4v) is 3.37. The molecule has 0 bridgehead atoms. The van der Waals surface area contributed by atoms with E-state index in [4.69, 9.17) is 0 Å². The maximum Gasteiger partial charge on any atom is 0.261 e. The second-order valence-corrected chi connectivity index (χ2v) is 7.15. The third kappa shape index (κ3) is 3.84. The van der Waals surface area contributed by atoms with E-state index in [1.807, 2.05) is 6.92 Å². The summed E-state index contributed by atoms with van der Waals surface area (Å²) in [5.41, 5.74) is 2.07. The van der Waals surface area contributed by atoms with Crippen molar-refractivity contribution in [3.05, 3.63) is 58.1 Å². The molecule has 0 saturated heterocycles. The molecule has 0 fully saturated rings. The number of hydrogen-bond donors (Lipinski definition) is 2. The summed E-state index contributed by atoms with van der Waals surface area (Å²) in [6.45, 7) is 1.79. The van der Waals surface area contributed by atoms with Crippen molar-refractivity contribution in [3.8, 4) is 0 Å². The molecule has 21 heavy (non-hydrogen) atoms. The third-order valence-corrected chi connectivity index (χ3v) is 5.04. The molecule has 0 heterocycles. The second kappa shape index (κ2) is 6.60. The van der Waals surface area contributed by atoms with Crippen LogP contribution in [-0.4, -0.2) is 13.5 Å². The summed E-state index contributed by atoms with van der Waals surface area (Å²) in [4.78, 5) is 0.145. The minimum atomic E-state index is -3.66. The highest BCUT2D eigenvalue weighted by atomic mass is 79.9. The first-order valence-electron chi connectivity index (χ1n) is 6.47. The normalized spacial score (nSPS) is 11.4. The van der Waals surface area contributed by atoms with Crippen molar-refractivity contribution in [2.45, 2.75) is 24.8 Å². The Hall–Kier alpha value is -1.37. The van der Waals surface area contributed by atoms with Crippen LogP contribution in [-0.2, 0) is 23.1 Å². The van der Waals surface area contributed by atoms with Gasteiger partial charge in [-0.25, -0.2) is 8.42 Å². The Kier molecular flexibility index (Phi) is 5.03. The molecule has 6 heteroatoms. The highest BCUT2D eigenvalue weighted by molar-refractivity contribution is 9.10. The number of halogens is 1. The van der Waals surface area contributed by atoms with E-state index in [-0.39, 0.29) is 11.5 Å². The van der Waals surface area contributed by atoms with Gasteiger partial charge in [-0.15, -0.1) is 0 Å². The molecule has 112 valence electrons. The summed E-state index contributed by atoms with van der Waals surface area (Å²) in [6.07, 6.45) is 0.746. The van der Waals surface area contributed by atoms with Gasteiger partial charge >= 0.3 is 0 Å². The van der Waals surface area contributed by atoms with Gasteiger partial charge in [0.1, 0.15) is 0 Å². The molecule has 0 unspecified atom stereocenters. The summed E-state index contributed by atoms with van der Waals surface area (Å²) in [5, 5.41) is 9.34. The topological polar surface area (TPSA) is 66.4 Å². The highest BCUT2D eigenvalue weighted by Gasteiger charge is 2.15. The number of anilines is 1. The van der Waals surface area contributed by atoms with E-state index >= 15 is 0 Å². The van der Waals surface area contributed by atoms with Crippen molar-refractivity contribution in [3.63, 3.8) is 0 Å².